The van der Waals surface area contributed by atoms with Crippen molar-refractivity contribution in [1.29, 1.82) is 0 Å². The van der Waals surface area contributed by atoms with Gasteiger partial charge >= 0.3 is 0 Å². The van der Waals surface area contributed by atoms with Gasteiger partial charge in [0, 0.05) is 10.5 Å². The van der Waals surface area contributed by atoms with E-state index in [1.54, 1.807) is 18.2 Å². The molecule has 3 aromatic rings. The van der Waals surface area contributed by atoms with E-state index in [1.807, 2.05) is 48.5 Å². The highest BCUT2D eigenvalue weighted by atomic mass is 79.9. The van der Waals surface area contributed by atoms with Crippen LogP contribution in [-0.2, 0) is 16.6 Å². The van der Waals surface area contributed by atoms with Gasteiger partial charge in [-0.05, 0) is 39.7 Å². The summed E-state index contributed by atoms with van der Waals surface area (Å²) in [7, 11) is -0.912. The van der Waals surface area contributed by atoms with Crippen LogP contribution in [0.1, 0.15) is 5.56 Å². The Morgan fingerprint density at radius 3 is 1.96 bits per heavy atom. The fourth-order valence-electron chi connectivity index (χ4n) is 2.81. The second-order valence-electron chi connectivity index (χ2n) is 5.97. The fourth-order valence-corrected chi connectivity index (χ4v) is 5.26. The molecule has 0 aliphatic rings. The van der Waals surface area contributed by atoms with Crippen LogP contribution < -0.4 is 13.8 Å². The Bertz CT molecular complexity index is 1040. The molecule has 0 atom stereocenters. The molecule has 0 saturated heterocycles. The second kappa shape index (κ2) is 8.67. The van der Waals surface area contributed by atoms with E-state index in [4.69, 9.17) is 9.47 Å². The average Bonchev–Trinajstić information content (AvgIpc) is 2.72. The third-order valence-corrected chi connectivity index (χ3v) is 6.95. The van der Waals surface area contributed by atoms with Gasteiger partial charge in [-0.25, -0.2) is 8.42 Å². The highest BCUT2D eigenvalue weighted by Crippen LogP contribution is 2.38. The molecule has 28 heavy (non-hydrogen) atoms. The van der Waals surface area contributed by atoms with Crippen molar-refractivity contribution in [2.24, 2.45) is 0 Å². The summed E-state index contributed by atoms with van der Waals surface area (Å²) in [6, 6.07) is 21.6. The maximum atomic E-state index is 13.6. The summed E-state index contributed by atoms with van der Waals surface area (Å²) in [5, 5.41) is 0. The normalized spacial score (nSPS) is 11.1. The van der Waals surface area contributed by atoms with Gasteiger partial charge in [-0.3, -0.25) is 4.31 Å². The quantitative estimate of drug-likeness (QED) is 0.503. The third-order valence-electron chi connectivity index (χ3n) is 4.22. The summed E-state index contributed by atoms with van der Waals surface area (Å²) in [6.45, 7) is 0.202. The number of methoxy groups -OCH3 is 2. The van der Waals surface area contributed by atoms with Crippen molar-refractivity contribution in [3.05, 3.63) is 82.8 Å². The molecule has 0 radical (unpaired) electrons. The molecule has 146 valence electrons. The fraction of sp³-hybridized carbons (Fsp3) is 0.143. The predicted molar refractivity (Wildman–Crippen MR) is 113 cm³/mol. The van der Waals surface area contributed by atoms with Crippen LogP contribution in [0, 0.1) is 0 Å². The van der Waals surface area contributed by atoms with Gasteiger partial charge in [-0.2, -0.15) is 0 Å². The van der Waals surface area contributed by atoms with Crippen molar-refractivity contribution in [2.75, 3.05) is 18.5 Å². The Morgan fingerprint density at radius 2 is 1.39 bits per heavy atom. The molecule has 3 rings (SSSR count). The van der Waals surface area contributed by atoms with E-state index in [-0.39, 0.29) is 11.4 Å². The first-order valence-corrected chi connectivity index (χ1v) is 10.7. The zero-order chi connectivity index (χ0) is 20.1. The van der Waals surface area contributed by atoms with Gasteiger partial charge in [0.15, 0.2) is 11.5 Å². The van der Waals surface area contributed by atoms with Crippen LogP contribution >= 0.6 is 15.9 Å². The van der Waals surface area contributed by atoms with Gasteiger partial charge in [-0.15, -0.1) is 0 Å². The van der Waals surface area contributed by atoms with Crippen molar-refractivity contribution in [2.45, 2.75) is 11.4 Å². The van der Waals surface area contributed by atoms with Gasteiger partial charge in [0.05, 0.1) is 26.5 Å². The Labute approximate surface area is 173 Å². The summed E-state index contributed by atoms with van der Waals surface area (Å²) in [4.78, 5) is 0.102. The number of para-hydroxylation sites is 1. The minimum Gasteiger partial charge on any atom is -0.493 e. The van der Waals surface area contributed by atoms with Crippen LogP contribution in [0.25, 0.3) is 0 Å². The van der Waals surface area contributed by atoms with E-state index in [0.29, 0.717) is 21.7 Å². The first-order valence-electron chi connectivity index (χ1n) is 8.50. The van der Waals surface area contributed by atoms with Gasteiger partial charge in [0.1, 0.15) is 4.90 Å². The topological polar surface area (TPSA) is 55.8 Å². The molecule has 0 aliphatic heterocycles. The number of rotatable bonds is 7. The van der Waals surface area contributed by atoms with E-state index in [2.05, 4.69) is 15.9 Å². The lowest BCUT2D eigenvalue weighted by molar-refractivity contribution is 0.353. The van der Waals surface area contributed by atoms with E-state index < -0.39 is 10.0 Å². The van der Waals surface area contributed by atoms with E-state index >= 15 is 0 Å². The summed E-state index contributed by atoms with van der Waals surface area (Å²) >= 11 is 3.37. The number of ether oxygens (including phenoxy) is 2. The van der Waals surface area contributed by atoms with Crippen molar-refractivity contribution < 1.29 is 17.9 Å². The second-order valence-corrected chi connectivity index (χ2v) is 8.66. The average molecular weight is 462 g/mol. The molecule has 0 unspecified atom stereocenters. The Morgan fingerprint density at radius 1 is 0.857 bits per heavy atom. The smallest absolute Gasteiger partial charge is 0.265 e. The molecule has 0 spiro atoms. The molecular formula is C21H20BrNO4S. The van der Waals surface area contributed by atoms with Crippen molar-refractivity contribution >= 4 is 31.6 Å². The largest absolute Gasteiger partial charge is 0.493 e. The molecule has 0 N–H and O–H groups in total. The molecule has 0 aliphatic carbocycles. The summed E-state index contributed by atoms with van der Waals surface area (Å²) in [5.74, 6) is 0.791. The number of benzene rings is 3. The minimum atomic E-state index is -3.89. The van der Waals surface area contributed by atoms with Crippen LogP contribution in [-0.4, -0.2) is 22.6 Å². The summed E-state index contributed by atoms with van der Waals surface area (Å²) < 4.78 is 39.6. The number of hydrogen-bond acceptors (Lipinski definition) is 4. The standard InChI is InChI=1S/C21H20BrNO4S/c1-26-19-13-18(22)21(14-20(19)27-2)28(24,25)23(17-11-7-4-8-12-17)15-16-9-5-3-6-10-16/h3-14H,15H2,1-2H3. The Balaban J connectivity index is 2.13. The van der Waals surface area contributed by atoms with E-state index in [1.165, 1.54) is 24.6 Å². The first kappa shape index (κ1) is 20.2. The lowest BCUT2D eigenvalue weighted by Gasteiger charge is -2.25. The molecule has 0 amide bonds. The monoisotopic (exact) mass is 461 g/mol. The van der Waals surface area contributed by atoms with Gasteiger partial charge < -0.3 is 9.47 Å². The molecule has 5 nitrogen and oxygen atoms in total. The number of nitrogens with zero attached hydrogens (tertiary/aromatic N) is 1. The molecule has 0 fully saturated rings. The highest BCUT2D eigenvalue weighted by Gasteiger charge is 2.29. The molecule has 0 saturated carbocycles. The highest BCUT2D eigenvalue weighted by molar-refractivity contribution is 9.10. The number of halogens is 1. The maximum absolute atomic E-state index is 13.6. The zero-order valence-electron chi connectivity index (χ0n) is 15.5. The van der Waals surface area contributed by atoms with Crippen LogP contribution in [0.15, 0.2) is 82.2 Å². The Kier molecular flexibility index (Phi) is 6.26. The van der Waals surface area contributed by atoms with Crippen LogP contribution in [0.2, 0.25) is 0 Å². The van der Waals surface area contributed by atoms with E-state index in [9.17, 15) is 8.42 Å². The lowest BCUT2D eigenvalue weighted by atomic mass is 10.2. The summed E-state index contributed by atoms with van der Waals surface area (Å²) in [5.41, 5.74) is 1.46. The minimum absolute atomic E-state index is 0.102. The van der Waals surface area contributed by atoms with Crippen LogP contribution in [0.4, 0.5) is 5.69 Å². The van der Waals surface area contributed by atoms with Gasteiger partial charge in [0.25, 0.3) is 10.0 Å². The zero-order valence-corrected chi connectivity index (χ0v) is 17.9. The summed E-state index contributed by atoms with van der Waals surface area (Å²) in [6.07, 6.45) is 0. The van der Waals surface area contributed by atoms with Crippen molar-refractivity contribution in [1.82, 2.24) is 0 Å². The number of sulfonamides is 1. The maximum Gasteiger partial charge on any atom is 0.265 e. The van der Waals surface area contributed by atoms with Crippen molar-refractivity contribution in [3.8, 4) is 11.5 Å². The third kappa shape index (κ3) is 4.15. The van der Waals surface area contributed by atoms with Gasteiger partial charge in [0.2, 0.25) is 0 Å². The Hall–Kier alpha value is -2.51. The predicted octanol–water partition coefficient (Wildman–Crippen LogP) is 4.86. The molecular weight excluding hydrogens is 442 g/mol. The first-order chi connectivity index (χ1) is 13.5. The number of anilines is 1. The van der Waals surface area contributed by atoms with Crippen LogP contribution in [0.5, 0.6) is 11.5 Å². The van der Waals surface area contributed by atoms with Crippen LogP contribution in [0.3, 0.4) is 0 Å². The molecule has 3 aromatic carbocycles. The molecule has 0 aromatic heterocycles. The SMILES string of the molecule is COc1cc(Br)c(S(=O)(=O)N(Cc2ccccc2)c2ccccc2)cc1OC. The number of hydrogen-bond donors (Lipinski definition) is 0. The van der Waals surface area contributed by atoms with Crippen molar-refractivity contribution in [3.63, 3.8) is 0 Å². The molecule has 7 heteroatoms. The molecule has 0 heterocycles. The lowest BCUT2D eigenvalue weighted by Crippen LogP contribution is -2.30. The van der Waals surface area contributed by atoms with Gasteiger partial charge in [-0.1, -0.05) is 48.5 Å². The molecule has 0 bridgehead atoms. The van der Waals surface area contributed by atoms with E-state index in [0.717, 1.165) is 5.56 Å².